The number of nitrogens with zero attached hydrogens (tertiary/aromatic N) is 2. The van der Waals surface area contributed by atoms with Crippen molar-refractivity contribution in [3.05, 3.63) is 89.5 Å². The molecule has 45 heavy (non-hydrogen) atoms. The van der Waals surface area contributed by atoms with Crippen LogP contribution in [0.4, 0.5) is 0 Å². The second-order valence-corrected chi connectivity index (χ2v) is 11.3. The molecule has 4 bridgehead atoms. The molecule has 0 spiro atoms. The molecule has 0 aromatic heterocycles. The molecule has 10 heteroatoms. The van der Waals surface area contributed by atoms with Crippen LogP contribution in [-0.4, -0.2) is 86.7 Å². The number of benzene rings is 3. The van der Waals surface area contributed by atoms with Gasteiger partial charge in [0.2, 0.25) is 11.8 Å². The minimum absolute atomic E-state index is 0.0951. The zero-order valence-corrected chi connectivity index (χ0v) is 25.9. The summed E-state index contributed by atoms with van der Waals surface area (Å²) in [5.74, 6) is 1.24. The minimum atomic E-state index is -0.462. The molecule has 1 N–H and O–H groups in total. The Morgan fingerprint density at radius 3 is 2.62 bits per heavy atom. The molecule has 3 aromatic carbocycles. The first kappa shape index (κ1) is 32.0. The Hall–Kier alpha value is -4.41. The van der Waals surface area contributed by atoms with Crippen molar-refractivity contribution in [2.45, 2.75) is 44.4 Å². The third-order valence-electron chi connectivity index (χ3n) is 8.11. The van der Waals surface area contributed by atoms with E-state index in [2.05, 4.69) is 5.32 Å². The fourth-order valence-corrected chi connectivity index (χ4v) is 5.72. The molecule has 0 unspecified atom stereocenters. The van der Waals surface area contributed by atoms with Crippen LogP contribution in [0.5, 0.6) is 17.2 Å². The van der Waals surface area contributed by atoms with E-state index < -0.39 is 6.04 Å². The molecule has 3 aliphatic heterocycles. The molecule has 3 aromatic rings. The average Bonchev–Trinajstić information content (AvgIpc) is 3.06. The van der Waals surface area contributed by atoms with Crippen LogP contribution in [0.1, 0.15) is 40.7 Å². The highest BCUT2D eigenvalue weighted by Crippen LogP contribution is 2.33. The average molecular weight is 616 g/mol. The van der Waals surface area contributed by atoms with Crippen molar-refractivity contribution in [3.63, 3.8) is 0 Å². The predicted molar refractivity (Wildman–Crippen MR) is 168 cm³/mol. The van der Waals surface area contributed by atoms with Gasteiger partial charge < -0.3 is 34.1 Å². The summed E-state index contributed by atoms with van der Waals surface area (Å²) in [6.45, 7) is 1.83. The van der Waals surface area contributed by atoms with Crippen LogP contribution in [0, 0.1) is 0 Å². The summed E-state index contributed by atoms with van der Waals surface area (Å²) in [4.78, 5) is 43.6. The van der Waals surface area contributed by atoms with Crippen molar-refractivity contribution >= 4 is 17.7 Å². The first-order valence-corrected chi connectivity index (χ1v) is 15.4. The van der Waals surface area contributed by atoms with Crippen LogP contribution in [0.3, 0.4) is 0 Å². The van der Waals surface area contributed by atoms with Gasteiger partial charge in [0.05, 0.1) is 32.4 Å². The van der Waals surface area contributed by atoms with E-state index in [1.807, 2.05) is 60.7 Å². The highest BCUT2D eigenvalue weighted by molar-refractivity contribution is 5.94. The largest absolute Gasteiger partial charge is 0.493 e. The first-order chi connectivity index (χ1) is 21.9. The molecule has 10 nitrogen and oxygen atoms in total. The molecular weight excluding hydrogens is 574 g/mol. The van der Waals surface area contributed by atoms with Crippen LogP contribution in [0.2, 0.25) is 0 Å². The normalized spacial score (nSPS) is 19.4. The maximum Gasteiger partial charge on any atom is 0.253 e. The molecule has 3 aliphatic rings. The molecule has 1 fully saturated rings. The topological polar surface area (TPSA) is 107 Å². The van der Waals surface area contributed by atoms with Gasteiger partial charge >= 0.3 is 0 Å². The van der Waals surface area contributed by atoms with Gasteiger partial charge in [0.1, 0.15) is 5.75 Å². The number of methoxy groups -OCH3 is 2. The van der Waals surface area contributed by atoms with E-state index in [4.69, 9.17) is 18.9 Å². The number of carbonyl (C=O) groups is 3. The molecular formula is C35H41N3O7. The lowest BCUT2D eigenvalue weighted by Gasteiger charge is -2.39. The third kappa shape index (κ3) is 8.61. The van der Waals surface area contributed by atoms with Gasteiger partial charge in [-0.25, -0.2) is 0 Å². The predicted octanol–water partition coefficient (Wildman–Crippen LogP) is 4.21. The van der Waals surface area contributed by atoms with Crippen LogP contribution >= 0.6 is 0 Å². The van der Waals surface area contributed by atoms with Crippen LogP contribution in [-0.2, 0) is 32.1 Å². The fourth-order valence-electron chi connectivity index (χ4n) is 5.72. The Bertz CT molecular complexity index is 1460. The zero-order chi connectivity index (χ0) is 31.6. The number of rotatable bonds is 6. The monoisotopic (exact) mass is 615 g/mol. The standard InChI is InChI=1S/C35H41N3O7/c1-42-19-7-17-37-23-33(39)36-29-22-38(35(41)27-9-4-3-5-10-27)18-16-30(29)44-24-26-8-6-11-28(20-26)45-31-14-12-25(13-15-34(37)40)21-32(31)43-2/h3-6,8-12,14,20-21,29-30H,7,13,15-19,22-24H2,1-2H3,(H,36,39)/t29-,30+/m0/s1. The van der Waals surface area contributed by atoms with Crippen molar-refractivity contribution in [2.24, 2.45) is 0 Å². The molecule has 0 aliphatic carbocycles. The second kappa shape index (κ2) is 15.5. The van der Waals surface area contributed by atoms with Crippen molar-refractivity contribution < 1.29 is 33.3 Å². The molecule has 0 saturated carbocycles. The van der Waals surface area contributed by atoms with Gasteiger partial charge in [-0.05, 0) is 66.8 Å². The van der Waals surface area contributed by atoms with E-state index in [-0.39, 0.29) is 36.8 Å². The molecule has 6 rings (SSSR count). The first-order valence-electron chi connectivity index (χ1n) is 15.4. The molecule has 0 radical (unpaired) electrons. The van der Waals surface area contributed by atoms with Gasteiger partial charge in [-0.1, -0.05) is 36.4 Å². The van der Waals surface area contributed by atoms with E-state index in [1.165, 1.54) is 0 Å². The summed E-state index contributed by atoms with van der Waals surface area (Å²) in [7, 11) is 3.20. The summed E-state index contributed by atoms with van der Waals surface area (Å²) >= 11 is 0. The Labute approximate surface area is 264 Å². The lowest BCUT2D eigenvalue weighted by atomic mass is 10.0. The number of carbonyl (C=O) groups excluding carboxylic acids is 3. The Kier molecular flexibility index (Phi) is 11.1. The Morgan fingerprint density at radius 1 is 0.978 bits per heavy atom. The number of hydrogen-bond acceptors (Lipinski definition) is 7. The maximum atomic E-state index is 13.5. The number of hydrogen-bond donors (Lipinski definition) is 1. The lowest BCUT2D eigenvalue weighted by molar-refractivity contribution is -0.137. The number of aryl methyl sites for hydroxylation is 1. The van der Waals surface area contributed by atoms with Gasteiger partial charge in [0.15, 0.2) is 11.5 Å². The SMILES string of the molecule is COCCCN1CC(=O)N[C@H]2CN(C(=O)c3ccccc3)CC[C@H]2OCc2cccc(c2)Oc2ccc(cc2OC)CCC1=O. The van der Waals surface area contributed by atoms with Gasteiger partial charge in [-0.15, -0.1) is 0 Å². The second-order valence-electron chi connectivity index (χ2n) is 11.3. The van der Waals surface area contributed by atoms with Gasteiger partial charge in [0.25, 0.3) is 5.91 Å². The smallest absolute Gasteiger partial charge is 0.253 e. The van der Waals surface area contributed by atoms with Crippen molar-refractivity contribution in [2.75, 3.05) is 47.0 Å². The quantitative estimate of drug-likeness (QED) is 0.414. The van der Waals surface area contributed by atoms with E-state index in [0.717, 1.165) is 11.1 Å². The molecule has 238 valence electrons. The number of piperidine rings is 1. The van der Waals surface area contributed by atoms with E-state index in [0.29, 0.717) is 74.9 Å². The highest BCUT2D eigenvalue weighted by atomic mass is 16.5. The third-order valence-corrected chi connectivity index (χ3v) is 8.11. The minimum Gasteiger partial charge on any atom is -0.493 e. The van der Waals surface area contributed by atoms with E-state index in [1.54, 1.807) is 36.2 Å². The number of amides is 3. The molecule has 2 atom stereocenters. The summed E-state index contributed by atoms with van der Waals surface area (Å²) in [6.07, 6.45) is 1.50. The molecule has 3 amide bonds. The number of nitrogens with one attached hydrogen (secondary N) is 1. The summed E-state index contributed by atoms with van der Waals surface area (Å²) in [5, 5.41) is 3.10. The maximum absolute atomic E-state index is 13.5. The van der Waals surface area contributed by atoms with Crippen LogP contribution in [0.25, 0.3) is 0 Å². The van der Waals surface area contributed by atoms with Crippen molar-refractivity contribution in [1.82, 2.24) is 15.1 Å². The highest BCUT2D eigenvalue weighted by Gasteiger charge is 2.34. The van der Waals surface area contributed by atoms with E-state index in [9.17, 15) is 14.4 Å². The Balaban J connectivity index is 1.41. The van der Waals surface area contributed by atoms with Gasteiger partial charge in [0, 0.05) is 45.3 Å². The number of ether oxygens (including phenoxy) is 4. The number of likely N-dealkylation sites (tertiary alicyclic amines) is 1. The number of fused-ring (bicyclic) bond motifs is 9. The van der Waals surface area contributed by atoms with Crippen LogP contribution in [0.15, 0.2) is 72.8 Å². The summed E-state index contributed by atoms with van der Waals surface area (Å²) in [5.41, 5.74) is 2.42. The van der Waals surface area contributed by atoms with Gasteiger partial charge in [-0.3, -0.25) is 14.4 Å². The zero-order valence-electron chi connectivity index (χ0n) is 25.9. The van der Waals surface area contributed by atoms with Gasteiger partial charge in [-0.2, -0.15) is 0 Å². The fraction of sp³-hybridized carbons (Fsp3) is 0.400. The molecule has 1 saturated heterocycles. The summed E-state index contributed by atoms with van der Waals surface area (Å²) < 4.78 is 23.4. The molecule has 3 heterocycles. The van der Waals surface area contributed by atoms with E-state index >= 15 is 0 Å². The van der Waals surface area contributed by atoms with Crippen molar-refractivity contribution in [3.8, 4) is 17.2 Å². The Morgan fingerprint density at radius 2 is 1.82 bits per heavy atom. The van der Waals surface area contributed by atoms with Crippen LogP contribution < -0.4 is 14.8 Å². The van der Waals surface area contributed by atoms with Crippen molar-refractivity contribution in [1.29, 1.82) is 0 Å². The lowest BCUT2D eigenvalue weighted by Crippen LogP contribution is -2.58. The summed E-state index contributed by atoms with van der Waals surface area (Å²) in [6, 6.07) is 21.9.